The standard InChI is InChI=1S/C17H22N2O6/c1-10(2)15(16(21)19-17(18)22)25-14(20)6-5-11-7-12(23-3)9-13(8-11)24-4/h5-10,15H,1-4H3,(H3,18,19,21,22)/b6-5+/t15-/m1/s1. The largest absolute Gasteiger partial charge is 0.497 e. The molecule has 3 amide bonds. The van der Waals surface area contributed by atoms with Crippen LogP contribution >= 0.6 is 0 Å². The zero-order chi connectivity index (χ0) is 19.0. The van der Waals surface area contributed by atoms with Crippen molar-refractivity contribution in [2.75, 3.05) is 14.2 Å². The molecule has 0 aliphatic heterocycles. The van der Waals surface area contributed by atoms with Crippen LogP contribution in [0.1, 0.15) is 19.4 Å². The number of amides is 3. The molecule has 0 heterocycles. The predicted molar refractivity (Wildman–Crippen MR) is 91.0 cm³/mol. The van der Waals surface area contributed by atoms with Gasteiger partial charge in [0.15, 0.2) is 6.10 Å². The van der Waals surface area contributed by atoms with E-state index in [0.717, 1.165) is 0 Å². The van der Waals surface area contributed by atoms with Crippen LogP contribution in [0.2, 0.25) is 0 Å². The van der Waals surface area contributed by atoms with Crippen molar-refractivity contribution in [3.63, 3.8) is 0 Å². The van der Waals surface area contributed by atoms with Gasteiger partial charge in [-0.1, -0.05) is 13.8 Å². The van der Waals surface area contributed by atoms with E-state index in [9.17, 15) is 14.4 Å². The SMILES string of the molecule is COc1cc(/C=C/C(=O)O[C@@H](C(=O)NC(N)=O)C(C)C)cc(OC)c1. The van der Waals surface area contributed by atoms with Crippen LogP contribution in [0.3, 0.4) is 0 Å². The fourth-order valence-electron chi connectivity index (χ4n) is 1.94. The first-order valence-corrected chi connectivity index (χ1v) is 7.49. The minimum atomic E-state index is -1.13. The van der Waals surface area contributed by atoms with Crippen LogP contribution in [0.4, 0.5) is 4.79 Å². The molecule has 0 bridgehead atoms. The van der Waals surface area contributed by atoms with Crippen LogP contribution in [0.15, 0.2) is 24.3 Å². The summed E-state index contributed by atoms with van der Waals surface area (Å²) in [7, 11) is 3.03. The van der Waals surface area contributed by atoms with E-state index in [-0.39, 0.29) is 5.92 Å². The normalized spacial score (nSPS) is 11.9. The Bertz CT molecular complexity index is 647. The number of urea groups is 1. The van der Waals surface area contributed by atoms with Crippen molar-refractivity contribution in [2.45, 2.75) is 20.0 Å². The molecule has 0 aliphatic carbocycles. The fourth-order valence-corrected chi connectivity index (χ4v) is 1.94. The van der Waals surface area contributed by atoms with Crippen molar-refractivity contribution in [3.05, 3.63) is 29.8 Å². The van der Waals surface area contributed by atoms with Gasteiger partial charge in [-0.25, -0.2) is 9.59 Å². The van der Waals surface area contributed by atoms with Crippen LogP contribution < -0.4 is 20.5 Å². The molecule has 8 nitrogen and oxygen atoms in total. The van der Waals surface area contributed by atoms with Gasteiger partial charge in [-0.05, 0) is 29.7 Å². The van der Waals surface area contributed by atoms with Gasteiger partial charge in [0, 0.05) is 12.1 Å². The number of esters is 1. The van der Waals surface area contributed by atoms with Crippen LogP contribution in [0.5, 0.6) is 11.5 Å². The van der Waals surface area contributed by atoms with Crippen molar-refractivity contribution in [1.29, 1.82) is 0 Å². The maximum atomic E-state index is 12.0. The topological polar surface area (TPSA) is 117 Å². The van der Waals surface area contributed by atoms with Crippen molar-refractivity contribution < 1.29 is 28.6 Å². The van der Waals surface area contributed by atoms with Gasteiger partial charge >= 0.3 is 12.0 Å². The molecular formula is C17H22N2O6. The Morgan fingerprint density at radius 2 is 1.64 bits per heavy atom. The lowest BCUT2D eigenvalue weighted by molar-refractivity contribution is -0.153. The number of hydrogen-bond acceptors (Lipinski definition) is 6. The van der Waals surface area contributed by atoms with Gasteiger partial charge in [-0.15, -0.1) is 0 Å². The smallest absolute Gasteiger partial charge is 0.331 e. The highest BCUT2D eigenvalue weighted by molar-refractivity contribution is 5.97. The lowest BCUT2D eigenvalue weighted by atomic mass is 10.1. The lowest BCUT2D eigenvalue weighted by Gasteiger charge is -2.18. The molecule has 0 saturated carbocycles. The van der Waals surface area contributed by atoms with Crippen molar-refractivity contribution in [3.8, 4) is 11.5 Å². The van der Waals surface area contributed by atoms with E-state index in [4.69, 9.17) is 19.9 Å². The van der Waals surface area contributed by atoms with Gasteiger partial charge in [-0.2, -0.15) is 0 Å². The average molecular weight is 350 g/mol. The fraction of sp³-hybridized carbons (Fsp3) is 0.353. The third-order valence-electron chi connectivity index (χ3n) is 3.14. The van der Waals surface area contributed by atoms with Crippen LogP contribution in [0, 0.1) is 5.92 Å². The summed E-state index contributed by atoms with van der Waals surface area (Å²) in [5.74, 6) is -0.720. The monoisotopic (exact) mass is 350 g/mol. The number of nitrogens with two attached hydrogens (primary N) is 1. The second kappa shape index (κ2) is 9.31. The van der Waals surface area contributed by atoms with Crippen molar-refractivity contribution in [2.24, 2.45) is 11.7 Å². The van der Waals surface area contributed by atoms with E-state index in [1.54, 1.807) is 32.0 Å². The number of hydrogen-bond donors (Lipinski definition) is 2. The van der Waals surface area contributed by atoms with E-state index in [0.29, 0.717) is 17.1 Å². The molecule has 25 heavy (non-hydrogen) atoms. The molecule has 1 aromatic carbocycles. The second-order valence-electron chi connectivity index (χ2n) is 5.43. The Kier molecular flexibility index (Phi) is 7.45. The molecule has 136 valence electrons. The lowest BCUT2D eigenvalue weighted by Crippen LogP contribution is -2.45. The third-order valence-corrected chi connectivity index (χ3v) is 3.14. The van der Waals surface area contributed by atoms with Gasteiger partial charge in [-0.3, -0.25) is 10.1 Å². The number of ether oxygens (including phenoxy) is 3. The Morgan fingerprint density at radius 3 is 2.08 bits per heavy atom. The molecule has 0 aromatic heterocycles. The first-order valence-electron chi connectivity index (χ1n) is 7.49. The summed E-state index contributed by atoms with van der Waals surface area (Å²) in [4.78, 5) is 34.6. The van der Waals surface area contributed by atoms with Crippen LogP contribution in [-0.4, -0.2) is 38.2 Å². The molecule has 0 saturated heterocycles. The Labute approximate surface area is 145 Å². The number of imide groups is 1. The first kappa shape index (κ1) is 20.0. The zero-order valence-electron chi connectivity index (χ0n) is 14.6. The quantitative estimate of drug-likeness (QED) is 0.568. The molecule has 0 radical (unpaired) electrons. The number of methoxy groups -OCH3 is 2. The molecule has 0 aliphatic rings. The molecule has 3 N–H and O–H groups in total. The Morgan fingerprint density at radius 1 is 1.08 bits per heavy atom. The van der Waals surface area contributed by atoms with Crippen molar-refractivity contribution >= 4 is 24.0 Å². The van der Waals surface area contributed by atoms with Crippen LogP contribution in [0.25, 0.3) is 6.08 Å². The maximum Gasteiger partial charge on any atom is 0.331 e. The van der Waals surface area contributed by atoms with E-state index >= 15 is 0 Å². The average Bonchev–Trinajstić information content (AvgIpc) is 2.56. The number of carbonyl (C=O) groups is 3. The maximum absolute atomic E-state index is 12.0. The third kappa shape index (κ3) is 6.54. The summed E-state index contributed by atoms with van der Waals surface area (Å²) >= 11 is 0. The summed E-state index contributed by atoms with van der Waals surface area (Å²) < 4.78 is 15.4. The summed E-state index contributed by atoms with van der Waals surface area (Å²) in [6, 6.07) is 4.09. The number of rotatable bonds is 7. The summed E-state index contributed by atoms with van der Waals surface area (Å²) in [6.45, 7) is 3.35. The molecular weight excluding hydrogens is 328 g/mol. The summed E-state index contributed by atoms with van der Waals surface area (Å²) in [6.07, 6.45) is 1.53. The molecule has 1 rings (SSSR count). The van der Waals surface area contributed by atoms with E-state index in [1.165, 1.54) is 26.4 Å². The van der Waals surface area contributed by atoms with Crippen molar-refractivity contribution in [1.82, 2.24) is 5.32 Å². The molecule has 0 unspecified atom stereocenters. The highest BCUT2D eigenvalue weighted by Gasteiger charge is 2.26. The summed E-state index contributed by atoms with van der Waals surface area (Å²) in [5, 5.41) is 1.90. The van der Waals surface area contributed by atoms with E-state index in [2.05, 4.69) is 0 Å². The van der Waals surface area contributed by atoms with Gasteiger partial charge in [0.2, 0.25) is 0 Å². The van der Waals surface area contributed by atoms with Gasteiger partial charge in [0.05, 0.1) is 14.2 Å². The Balaban J connectivity index is 2.84. The number of carbonyl (C=O) groups excluding carboxylic acids is 3. The van der Waals surface area contributed by atoms with E-state index < -0.39 is 24.0 Å². The highest BCUT2D eigenvalue weighted by Crippen LogP contribution is 2.23. The molecule has 8 heteroatoms. The molecule has 1 atom stereocenters. The predicted octanol–water partition coefficient (Wildman–Crippen LogP) is 1.48. The second-order valence-corrected chi connectivity index (χ2v) is 5.43. The first-order chi connectivity index (χ1) is 11.8. The summed E-state index contributed by atoms with van der Waals surface area (Å²) in [5.41, 5.74) is 5.55. The van der Waals surface area contributed by atoms with Gasteiger partial charge in [0.25, 0.3) is 5.91 Å². The van der Waals surface area contributed by atoms with Crippen LogP contribution in [-0.2, 0) is 14.3 Å². The molecule has 0 fully saturated rings. The minimum absolute atomic E-state index is 0.339. The van der Waals surface area contributed by atoms with Gasteiger partial charge in [0.1, 0.15) is 11.5 Å². The van der Waals surface area contributed by atoms with Gasteiger partial charge < -0.3 is 19.9 Å². The van der Waals surface area contributed by atoms with E-state index in [1.807, 2.05) is 5.32 Å². The highest BCUT2D eigenvalue weighted by atomic mass is 16.5. The minimum Gasteiger partial charge on any atom is -0.497 e. The number of nitrogens with one attached hydrogen (secondary N) is 1. The molecule has 0 spiro atoms. The zero-order valence-corrected chi connectivity index (χ0v) is 14.6. The Hall–Kier alpha value is -3.03. The molecule has 1 aromatic rings. The number of primary amides is 1. The number of benzene rings is 1.